The molecule has 0 fully saturated rings. The monoisotopic (exact) mass is 245 g/mol. The van der Waals surface area contributed by atoms with E-state index >= 15 is 0 Å². The van der Waals surface area contributed by atoms with E-state index in [-0.39, 0.29) is 11.5 Å². The summed E-state index contributed by atoms with van der Waals surface area (Å²) in [5.41, 5.74) is 0. The van der Waals surface area contributed by atoms with Gasteiger partial charge in [-0.15, -0.1) is 0 Å². The van der Waals surface area contributed by atoms with Crippen LogP contribution in [0.5, 0.6) is 11.5 Å². The second-order valence-corrected chi connectivity index (χ2v) is 4.90. The number of benzene rings is 1. The predicted octanol–water partition coefficient (Wildman–Crippen LogP) is -0.153. The number of rotatable bonds is 4. The maximum Gasteiger partial charge on any atom is 0.326 e. The van der Waals surface area contributed by atoms with Crippen molar-refractivity contribution in [3.05, 3.63) is 24.3 Å². The van der Waals surface area contributed by atoms with Crippen LogP contribution in [0.1, 0.15) is 0 Å². The molecule has 0 aliphatic heterocycles. The van der Waals surface area contributed by atoms with Gasteiger partial charge in [-0.25, -0.2) is 13.1 Å². The lowest BCUT2D eigenvalue weighted by Crippen LogP contribution is -2.30. The standard InChI is InChI=1S/C9H11NO5S/c1-16(13,14)10-6-9(12)15-8-4-2-3-7(11)5-8/h2-5,10-11H,6H2,1H3. The van der Waals surface area contributed by atoms with Crippen LogP contribution in [0, 0.1) is 0 Å². The lowest BCUT2D eigenvalue weighted by Gasteiger charge is -2.04. The van der Waals surface area contributed by atoms with Crippen molar-refractivity contribution < 1.29 is 23.1 Å². The Hall–Kier alpha value is -1.60. The molecule has 0 saturated carbocycles. The molecule has 0 spiro atoms. The van der Waals surface area contributed by atoms with Crippen molar-refractivity contribution >= 4 is 16.0 Å². The molecule has 7 heteroatoms. The van der Waals surface area contributed by atoms with E-state index in [9.17, 15) is 13.2 Å². The molecule has 0 unspecified atom stereocenters. The number of carbonyl (C=O) groups excluding carboxylic acids is 1. The van der Waals surface area contributed by atoms with Gasteiger partial charge in [0.05, 0.1) is 6.26 Å². The SMILES string of the molecule is CS(=O)(=O)NCC(=O)Oc1cccc(O)c1. The fraction of sp³-hybridized carbons (Fsp3) is 0.222. The van der Waals surface area contributed by atoms with Gasteiger partial charge in [-0.05, 0) is 12.1 Å². The topological polar surface area (TPSA) is 92.7 Å². The Bertz CT molecular complexity index is 482. The largest absolute Gasteiger partial charge is 0.508 e. The van der Waals surface area contributed by atoms with Crippen LogP contribution in [-0.4, -0.2) is 32.3 Å². The lowest BCUT2D eigenvalue weighted by atomic mass is 10.3. The van der Waals surface area contributed by atoms with Gasteiger partial charge in [0.1, 0.15) is 18.0 Å². The summed E-state index contributed by atoms with van der Waals surface area (Å²) in [4.78, 5) is 11.1. The second kappa shape index (κ2) is 4.95. The molecule has 0 aliphatic carbocycles. The molecule has 16 heavy (non-hydrogen) atoms. The summed E-state index contributed by atoms with van der Waals surface area (Å²) >= 11 is 0. The van der Waals surface area contributed by atoms with Crippen LogP contribution < -0.4 is 9.46 Å². The van der Waals surface area contributed by atoms with Crippen LogP contribution in [0.25, 0.3) is 0 Å². The summed E-state index contributed by atoms with van der Waals surface area (Å²) in [6.07, 6.45) is 0.939. The van der Waals surface area contributed by atoms with E-state index < -0.39 is 22.5 Å². The fourth-order valence-corrected chi connectivity index (χ4v) is 1.28. The number of aromatic hydroxyl groups is 1. The van der Waals surface area contributed by atoms with Gasteiger partial charge in [0.15, 0.2) is 0 Å². The van der Waals surface area contributed by atoms with Crippen molar-refractivity contribution in [3.63, 3.8) is 0 Å². The third kappa shape index (κ3) is 4.76. The number of esters is 1. The summed E-state index contributed by atoms with van der Waals surface area (Å²) in [7, 11) is -3.42. The first-order valence-electron chi connectivity index (χ1n) is 4.31. The van der Waals surface area contributed by atoms with E-state index in [0.29, 0.717) is 0 Å². The maximum absolute atomic E-state index is 11.1. The predicted molar refractivity (Wildman–Crippen MR) is 56.6 cm³/mol. The van der Waals surface area contributed by atoms with Crippen LogP contribution in [-0.2, 0) is 14.8 Å². The van der Waals surface area contributed by atoms with Crippen LogP contribution in [0.4, 0.5) is 0 Å². The van der Waals surface area contributed by atoms with Gasteiger partial charge in [0, 0.05) is 6.07 Å². The van der Waals surface area contributed by atoms with Crippen molar-refractivity contribution in [2.75, 3.05) is 12.8 Å². The minimum Gasteiger partial charge on any atom is -0.508 e. The molecule has 0 heterocycles. The van der Waals surface area contributed by atoms with Gasteiger partial charge in [-0.2, -0.15) is 0 Å². The van der Waals surface area contributed by atoms with Gasteiger partial charge >= 0.3 is 5.97 Å². The third-order valence-electron chi connectivity index (χ3n) is 1.53. The van der Waals surface area contributed by atoms with Gasteiger partial charge in [0.25, 0.3) is 0 Å². The van der Waals surface area contributed by atoms with E-state index in [1.54, 1.807) is 0 Å². The average molecular weight is 245 g/mol. The molecule has 0 amide bonds. The van der Waals surface area contributed by atoms with Crippen molar-refractivity contribution in [2.24, 2.45) is 0 Å². The van der Waals surface area contributed by atoms with Crippen LogP contribution in [0.2, 0.25) is 0 Å². The van der Waals surface area contributed by atoms with Gasteiger partial charge in [0.2, 0.25) is 10.0 Å². The molecule has 0 saturated heterocycles. The molecule has 0 radical (unpaired) electrons. The minimum absolute atomic E-state index is 0.0404. The Kier molecular flexibility index (Phi) is 3.86. The van der Waals surface area contributed by atoms with E-state index in [0.717, 1.165) is 6.26 Å². The molecule has 0 bridgehead atoms. The molecular weight excluding hydrogens is 234 g/mol. The molecule has 88 valence electrons. The third-order valence-corrected chi connectivity index (χ3v) is 2.20. The highest BCUT2D eigenvalue weighted by atomic mass is 32.2. The summed E-state index contributed by atoms with van der Waals surface area (Å²) < 4.78 is 28.1. The summed E-state index contributed by atoms with van der Waals surface area (Å²) in [5.74, 6) is -0.641. The van der Waals surface area contributed by atoms with E-state index in [1.165, 1.54) is 24.3 Å². The second-order valence-electron chi connectivity index (χ2n) is 3.06. The molecular formula is C9H11NO5S. The lowest BCUT2D eigenvalue weighted by molar-refractivity contribution is -0.133. The van der Waals surface area contributed by atoms with Gasteiger partial charge in [-0.1, -0.05) is 6.07 Å². The first-order valence-corrected chi connectivity index (χ1v) is 6.20. The van der Waals surface area contributed by atoms with Gasteiger partial charge in [-0.3, -0.25) is 4.79 Å². The summed E-state index contributed by atoms with van der Waals surface area (Å²) in [6, 6.07) is 5.64. The van der Waals surface area contributed by atoms with Crippen LogP contribution in [0.3, 0.4) is 0 Å². The number of sulfonamides is 1. The summed E-state index contributed by atoms with van der Waals surface area (Å²) in [5, 5.41) is 9.08. The Balaban J connectivity index is 2.52. The molecule has 0 aromatic heterocycles. The highest BCUT2D eigenvalue weighted by Crippen LogP contribution is 2.17. The minimum atomic E-state index is -3.42. The number of carbonyl (C=O) groups is 1. The zero-order valence-electron chi connectivity index (χ0n) is 8.50. The number of phenolic OH excluding ortho intramolecular Hbond substituents is 1. The number of hydrogen-bond acceptors (Lipinski definition) is 5. The molecule has 6 nitrogen and oxygen atoms in total. The molecule has 0 atom stereocenters. The molecule has 1 aromatic rings. The Morgan fingerprint density at radius 1 is 1.50 bits per heavy atom. The van der Waals surface area contributed by atoms with Crippen molar-refractivity contribution in [3.8, 4) is 11.5 Å². The van der Waals surface area contributed by atoms with Crippen molar-refractivity contribution in [1.82, 2.24) is 4.72 Å². The Morgan fingerprint density at radius 2 is 2.19 bits per heavy atom. The van der Waals surface area contributed by atoms with Crippen molar-refractivity contribution in [2.45, 2.75) is 0 Å². The highest BCUT2D eigenvalue weighted by molar-refractivity contribution is 7.88. The Labute approximate surface area is 92.9 Å². The summed E-state index contributed by atoms with van der Waals surface area (Å²) in [6.45, 7) is -0.450. The first kappa shape index (κ1) is 12.5. The maximum atomic E-state index is 11.1. The number of ether oxygens (including phenoxy) is 1. The normalized spacial score (nSPS) is 11.1. The molecule has 1 aromatic carbocycles. The van der Waals surface area contributed by atoms with Crippen molar-refractivity contribution in [1.29, 1.82) is 0 Å². The zero-order chi connectivity index (χ0) is 12.2. The highest BCUT2D eigenvalue weighted by Gasteiger charge is 2.08. The van der Waals surface area contributed by atoms with E-state index in [2.05, 4.69) is 0 Å². The van der Waals surface area contributed by atoms with E-state index in [4.69, 9.17) is 9.84 Å². The fourth-order valence-electron chi connectivity index (χ4n) is 0.905. The first-order chi connectivity index (χ1) is 7.37. The number of phenols is 1. The molecule has 0 aliphatic rings. The van der Waals surface area contributed by atoms with Gasteiger partial charge < -0.3 is 9.84 Å². The smallest absolute Gasteiger partial charge is 0.326 e. The zero-order valence-corrected chi connectivity index (χ0v) is 9.32. The average Bonchev–Trinajstić information content (AvgIpc) is 2.14. The number of hydrogen-bond donors (Lipinski definition) is 2. The molecule has 1 rings (SSSR count). The number of nitrogens with one attached hydrogen (secondary N) is 1. The quantitative estimate of drug-likeness (QED) is 0.568. The van der Waals surface area contributed by atoms with E-state index in [1.807, 2.05) is 4.72 Å². The molecule has 2 N–H and O–H groups in total. The Morgan fingerprint density at radius 3 is 2.75 bits per heavy atom. The van der Waals surface area contributed by atoms with Crippen LogP contribution >= 0.6 is 0 Å². The van der Waals surface area contributed by atoms with Crippen LogP contribution in [0.15, 0.2) is 24.3 Å².